The molecule has 1 aromatic rings. The molecule has 0 unspecified atom stereocenters. The van der Waals surface area contributed by atoms with Gasteiger partial charge in [0, 0.05) is 25.6 Å². The Kier molecular flexibility index (Phi) is 4.46. The summed E-state index contributed by atoms with van der Waals surface area (Å²) in [7, 11) is 0. The summed E-state index contributed by atoms with van der Waals surface area (Å²) in [4.78, 5) is 26.1. The molecule has 1 amide bonds. The van der Waals surface area contributed by atoms with Gasteiger partial charge in [0.15, 0.2) is 0 Å². The Morgan fingerprint density at radius 2 is 2.16 bits per heavy atom. The highest BCUT2D eigenvalue weighted by Gasteiger charge is 2.22. The number of aromatic nitrogens is 1. The van der Waals surface area contributed by atoms with Crippen LogP contribution in [0.3, 0.4) is 0 Å². The van der Waals surface area contributed by atoms with Gasteiger partial charge in [-0.05, 0) is 25.0 Å². The van der Waals surface area contributed by atoms with Crippen molar-refractivity contribution in [2.75, 3.05) is 6.54 Å². The third kappa shape index (κ3) is 4.67. The fourth-order valence-electron chi connectivity index (χ4n) is 1.64. The van der Waals surface area contributed by atoms with Crippen molar-refractivity contribution in [3.8, 4) is 0 Å². The summed E-state index contributed by atoms with van der Waals surface area (Å²) in [5.41, 5.74) is 0.688. The molecule has 1 aliphatic carbocycles. The molecule has 6 heteroatoms. The molecule has 3 N–H and O–H groups in total. The van der Waals surface area contributed by atoms with Crippen molar-refractivity contribution in [3.05, 3.63) is 29.6 Å². The first kappa shape index (κ1) is 13.5. The third-order valence-corrected chi connectivity index (χ3v) is 2.80. The normalized spacial score (nSPS) is 14.1. The molecule has 0 aromatic carbocycles. The summed E-state index contributed by atoms with van der Waals surface area (Å²) >= 11 is 0. The second kappa shape index (κ2) is 6.29. The van der Waals surface area contributed by atoms with E-state index in [4.69, 9.17) is 5.11 Å². The summed E-state index contributed by atoms with van der Waals surface area (Å²) in [5, 5.41) is 14.8. The number of hydrogen-bond acceptors (Lipinski definition) is 4. The van der Waals surface area contributed by atoms with Gasteiger partial charge in [0.05, 0.1) is 5.69 Å². The van der Waals surface area contributed by atoms with Gasteiger partial charge in [0.1, 0.15) is 5.69 Å². The highest BCUT2D eigenvalue weighted by Crippen LogP contribution is 2.18. The van der Waals surface area contributed by atoms with Crippen LogP contribution in [0.25, 0.3) is 0 Å². The van der Waals surface area contributed by atoms with Crippen LogP contribution in [-0.2, 0) is 11.3 Å². The molecule has 19 heavy (non-hydrogen) atoms. The summed E-state index contributed by atoms with van der Waals surface area (Å²) in [5.74, 6) is -0.979. The maximum atomic E-state index is 11.4. The number of hydrogen-bond donors (Lipinski definition) is 3. The number of nitrogens with one attached hydrogen (secondary N) is 2. The molecule has 0 radical (unpaired) electrons. The zero-order valence-corrected chi connectivity index (χ0v) is 10.6. The van der Waals surface area contributed by atoms with Crippen LogP contribution in [0.5, 0.6) is 0 Å². The maximum absolute atomic E-state index is 11.4. The van der Waals surface area contributed by atoms with E-state index in [1.807, 2.05) is 0 Å². The van der Waals surface area contributed by atoms with Gasteiger partial charge in [-0.15, -0.1) is 0 Å². The Morgan fingerprint density at radius 3 is 2.84 bits per heavy atom. The van der Waals surface area contributed by atoms with E-state index in [0.29, 0.717) is 31.2 Å². The minimum Gasteiger partial charge on any atom is -0.477 e. The summed E-state index contributed by atoms with van der Waals surface area (Å²) in [6.07, 6.45) is 2.60. The molecule has 0 aliphatic heterocycles. The number of rotatable bonds is 7. The van der Waals surface area contributed by atoms with Crippen LogP contribution in [-0.4, -0.2) is 34.6 Å². The Bertz CT molecular complexity index is 472. The highest BCUT2D eigenvalue weighted by atomic mass is 16.4. The molecule has 0 atom stereocenters. The maximum Gasteiger partial charge on any atom is 0.354 e. The Balaban J connectivity index is 1.68. The number of carboxylic acid groups (broad SMARTS) is 1. The van der Waals surface area contributed by atoms with Gasteiger partial charge in [-0.25, -0.2) is 9.78 Å². The van der Waals surface area contributed by atoms with Crippen LogP contribution in [0, 0.1) is 0 Å². The lowest BCUT2D eigenvalue weighted by molar-refractivity contribution is -0.121. The molecule has 0 saturated heterocycles. The van der Waals surface area contributed by atoms with Crippen molar-refractivity contribution >= 4 is 11.9 Å². The lowest BCUT2D eigenvalue weighted by atomic mass is 10.3. The van der Waals surface area contributed by atoms with Crippen LogP contribution < -0.4 is 10.6 Å². The van der Waals surface area contributed by atoms with Gasteiger partial charge in [-0.3, -0.25) is 4.79 Å². The lowest BCUT2D eigenvalue weighted by Gasteiger charge is -2.05. The summed E-state index contributed by atoms with van der Waals surface area (Å²) < 4.78 is 0. The molecular formula is C13H17N3O3. The van der Waals surface area contributed by atoms with E-state index in [-0.39, 0.29) is 11.6 Å². The van der Waals surface area contributed by atoms with Gasteiger partial charge in [-0.1, -0.05) is 6.07 Å². The number of aromatic carboxylic acids is 1. The van der Waals surface area contributed by atoms with Crippen molar-refractivity contribution in [1.29, 1.82) is 0 Å². The standard InChI is InChI=1S/C13H17N3O3/c17-12(16-9-4-5-9)6-7-14-8-10-2-1-3-11(15-10)13(18)19/h1-3,9,14H,4-8H2,(H,16,17)(H,18,19). The Hall–Kier alpha value is -1.95. The van der Waals surface area contributed by atoms with Crippen LogP contribution in [0.2, 0.25) is 0 Å². The zero-order chi connectivity index (χ0) is 13.7. The Morgan fingerprint density at radius 1 is 1.37 bits per heavy atom. The van der Waals surface area contributed by atoms with Gasteiger partial charge in [0.2, 0.25) is 5.91 Å². The van der Waals surface area contributed by atoms with Crippen molar-refractivity contribution in [1.82, 2.24) is 15.6 Å². The minimum absolute atomic E-state index is 0.0331. The average molecular weight is 263 g/mol. The second-order valence-electron chi connectivity index (χ2n) is 4.59. The van der Waals surface area contributed by atoms with Gasteiger partial charge < -0.3 is 15.7 Å². The molecule has 1 saturated carbocycles. The number of pyridine rings is 1. The van der Waals surface area contributed by atoms with Crippen LogP contribution in [0.1, 0.15) is 35.4 Å². The number of nitrogens with zero attached hydrogens (tertiary/aromatic N) is 1. The molecule has 0 spiro atoms. The van der Waals surface area contributed by atoms with Gasteiger partial charge in [0.25, 0.3) is 0 Å². The van der Waals surface area contributed by atoms with E-state index < -0.39 is 5.97 Å². The summed E-state index contributed by atoms with van der Waals surface area (Å²) in [6.45, 7) is 1.01. The quantitative estimate of drug-likeness (QED) is 0.624. The van der Waals surface area contributed by atoms with E-state index in [1.54, 1.807) is 12.1 Å². The number of carboxylic acids is 1. The number of carbonyl (C=O) groups excluding carboxylic acids is 1. The van der Waals surface area contributed by atoms with E-state index in [2.05, 4.69) is 15.6 Å². The first-order valence-corrected chi connectivity index (χ1v) is 6.34. The van der Waals surface area contributed by atoms with Gasteiger partial charge in [-0.2, -0.15) is 0 Å². The predicted octanol–water partition coefficient (Wildman–Crippen LogP) is 0.538. The molecule has 0 bridgehead atoms. The van der Waals surface area contributed by atoms with Crippen molar-refractivity contribution in [2.24, 2.45) is 0 Å². The molecule has 1 heterocycles. The number of amides is 1. The Labute approximate surface area is 111 Å². The van der Waals surface area contributed by atoms with Crippen LogP contribution in [0.15, 0.2) is 18.2 Å². The lowest BCUT2D eigenvalue weighted by Crippen LogP contribution is -2.29. The monoisotopic (exact) mass is 263 g/mol. The molecule has 102 valence electrons. The van der Waals surface area contributed by atoms with Crippen LogP contribution >= 0.6 is 0 Å². The SMILES string of the molecule is O=C(CCNCc1cccc(C(=O)O)n1)NC1CC1. The van der Waals surface area contributed by atoms with Crippen molar-refractivity contribution in [3.63, 3.8) is 0 Å². The fraction of sp³-hybridized carbons (Fsp3) is 0.462. The minimum atomic E-state index is -1.04. The van der Waals surface area contributed by atoms with E-state index in [1.165, 1.54) is 6.07 Å². The van der Waals surface area contributed by atoms with Crippen molar-refractivity contribution < 1.29 is 14.7 Å². The molecule has 6 nitrogen and oxygen atoms in total. The predicted molar refractivity (Wildman–Crippen MR) is 68.7 cm³/mol. The first-order valence-electron chi connectivity index (χ1n) is 6.34. The van der Waals surface area contributed by atoms with Crippen molar-refractivity contribution in [2.45, 2.75) is 31.8 Å². The zero-order valence-electron chi connectivity index (χ0n) is 10.6. The average Bonchev–Trinajstić information content (AvgIpc) is 3.19. The molecular weight excluding hydrogens is 246 g/mol. The van der Waals surface area contributed by atoms with E-state index in [9.17, 15) is 9.59 Å². The number of carbonyl (C=O) groups is 2. The smallest absolute Gasteiger partial charge is 0.354 e. The third-order valence-electron chi connectivity index (χ3n) is 2.80. The molecule has 1 fully saturated rings. The van der Waals surface area contributed by atoms with Gasteiger partial charge >= 0.3 is 5.97 Å². The fourth-order valence-corrected chi connectivity index (χ4v) is 1.64. The highest BCUT2D eigenvalue weighted by molar-refractivity contribution is 5.85. The largest absolute Gasteiger partial charge is 0.477 e. The topological polar surface area (TPSA) is 91.3 Å². The molecule has 1 aromatic heterocycles. The molecule has 1 aliphatic rings. The molecule has 2 rings (SSSR count). The van der Waals surface area contributed by atoms with E-state index >= 15 is 0 Å². The van der Waals surface area contributed by atoms with E-state index in [0.717, 1.165) is 12.8 Å². The second-order valence-corrected chi connectivity index (χ2v) is 4.59. The first-order chi connectivity index (χ1) is 9.15. The van der Waals surface area contributed by atoms with Crippen LogP contribution in [0.4, 0.5) is 0 Å². The summed E-state index contributed by atoms with van der Waals surface area (Å²) in [6, 6.07) is 5.26.